The van der Waals surface area contributed by atoms with E-state index in [2.05, 4.69) is 0 Å². The van der Waals surface area contributed by atoms with Crippen LogP contribution in [-0.2, 0) is 4.79 Å². The quantitative estimate of drug-likeness (QED) is 0.779. The van der Waals surface area contributed by atoms with Crippen molar-refractivity contribution in [3.05, 3.63) is 29.8 Å². The second-order valence-corrected chi connectivity index (χ2v) is 5.43. The maximum Gasteiger partial charge on any atom is 0.319 e. The average molecular weight is 210 g/mol. The van der Waals surface area contributed by atoms with Gasteiger partial charge in [-0.05, 0) is 32.9 Å². The van der Waals surface area contributed by atoms with Crippen molar-refractivity contribution in [1.82, 2.24) is 0 Å². The first-order valence-electron chi connectivity index (χ1n) is 4.41. The second-order valence-electron chi connectivity index (χ2n) is 3.73. The Morgan fingerprint density at radius 3 is 2.21 bits per heavy atom. The summed E-state index contributed by atoms with van der Waals surface area (Å²) in [5.41, 5.74) is 1.18. The summed E-state index contributed by atoms with van der Waals surface area (Å²) in [4.78, 5) is 11.9. The zero-order valence-corrected chi connectivity index (χ0v) is 9.39. The Balaban J connectivity index is 2.79. The molecule has 0 spiro atoms. The molecule has 3 heteroatoms. The van der Waals surface area contributed by atoms with Gasteiger partial charge in [0.05, 0.1) is 0 Å². The van der Waals surface area contributed by atoms with Crippen molar-refractivity contribution in [3.63, 3.8) is 0 Å². The lowest BCUT2D eigenvalue weighted by atomic mass is 10.2. The lowest BCUT2D eigenvalue weighted by Crippen LogP contribution is -2.26. The first kappa shape index (κ1) is 11.1. The summed E-state index contributed by atoms with van der Waals surface area (Å²) in [5.74, 6) is -0.789. The molecule has 0 saturated carbocycles. The highest BCUT2D eigenvalue weighted by Crippen LogP contribution is 2.32. The predicted molar refractivity (Wildman–Crippen MR) is 58.8 cm³/mol. The molecule has 0 amide bonds. The Morgan fingerprint density at radius 2 is 1.79 bits per heavy atom. The Labute approximate surface area is 88.3 Å². The molecule has 0 aliphatic carbocycles. The van der Waals surface area contributed by atoms with Gasteiger partial charge in [0, 0.05) is 4.90 Å². The minimum atomic E-state index is -0.789. The van der Waals surface area contributed by atoms with Crippen molar-refractivity contribution in [2.75, 3.05) is 0 Å². The summed E-state index contributed by atoms with van der Waals surface area (Å²) in [6, 6.07) is 7.87. The minimum absolute atomic E-state index is 0.769. The third-order valence-corrected chi connectivity index (χ3v) is 3.10. The molecule has 0 bridgehead atoms. The molecule has 1 aromatic carbocycles. The number of carboxylic acid groups (broad SMARTS) is 1. The Bertz CT molecular complexity index is 328. The van der Waals surface area contributed by atoms with E-state index in [9.17, 15) is 4.79 Å². The van der Waals surface area contributed by atoms with Crippen LogP contribution in [0.2, 0.25) is 0 Å². The van der Waals surface area contributed by atoms with Crippen LogP contribution in [0.5, 0.6) is 0 Å². The van der Waals surface area contributed by atoms with E-state index in [0.717, 1.165) is 4.90 Å². The van der Waals surface area contributed by atoms with E-state index in [1.54, 1.807) is 13.8 Å². The van der Waals surface area contributed by atoms with E-state index in [4.69, 9.17) is 5.11 Å². The van der Waals surface area contributed by atoms with Gasteiger partial charge in [-0.15, -0.1) is 11.8 Å². The van der Waals surface area contributed by atoms with Crippen molar-refractivity contribution in [2.24, 2.45) is 0 Å². The Hall–Kier alpha value is -0.960. The number of benzene rings is 1. The molecular weight excluding hydrogens is 196 g/mol. The van der Waals surface area contributed by atoms with Gasteiger partial charge in [0.2, 0.25) is 0 Å². The van der Waals surface area contributed by atoms with E-state index in [0.29, 0.717) is 0 Å². The van der Waals surface area contributed by atoms with Crippen LogP contribution in [0.1, 0.15) is 19.4 Å². The van der Waals surface area contributed by atoms with Gasteiger partial charge < -0.3 is 5.11 Å². The summed E-state index contributed by atoms with van der Waals surface area (Å²) in [6.45, 7) is 5.43. The first-order chi connectivity index (χ1) is 6.42. The van der Waals surface area contributed by atoms with Crippen molar-refractivity contribution in [2.45, 2.75) is 30.4 Å². The molecule has 0 fully saturated rings. The van der Waals surface area contributed by atoms with Crippen LogP contribution in [0.4, 0.5) is 0 Å². The molecule has 1 N–H and O–H groups in total. The zero-order chi connectivity index (χ0) is 10.8. The minimum Gasteiger partial charge on any atom is -0.480 e. The van der Waals surface area contributed by atoms with Crippen LogP contribution in [-0.4, -0.2) is 15.8 Å². The van der Waals surface area contributed by atoms with Crippen LogP contribution in [0.25, 0.3) is 0 Å². The highest BCUT2D eigenvalue weighted by atomic mass is 32.2. The highest BCUT2D eigenvalue weighted by molar-refractivity contribution is 8.01. The molecule has 0 saturated heterocycles. The lowest BCUT2D eigenvalue weighted by molar-refractivity contribution is -0.138. The fraction of sp³-hybridized carbons (Fsp3) is 0.364. The standard InChI is InChI=1S/C11H14O2S/c1-8-4-6-9(7-5-8)14-11(2,3)10(12)13/h4-7H,1-3H3,(H,12,13). The van der Waals surface area contributed by atoms with E-state index < -0.39 is 10.7 Å². The van der Waals surface area contributed by atoms with Gasteiger partial charge in [-0.25, -0.2) is 0 Å². The van der Waals surface area contributed by atoms with Crippen LogP contribution >= 0.6 is 11.8 Å². The van der Waals surface area contributed by atoms with Crippen molar-refractivity contribution in [1.29, 1.82) is 0 Å². The van der Waals surface area contributed by atoms with Crippen LogP contribution < -0.4 is 0 Å². The Kier molecular flexibility index (Phi) is 3.21. The number of aliphatic carboxylic acids is 1. The van der Waals surface area contributed by atoms with Gasteiger partial charge in [0.1, 0.15) is 4.75 Å². The molecule has 0 heterocycles. The van der Waals surface area contributed by atoms with E-state index in [-0.39, 0.29) is 0 Å². The number of thioether (sulfide) groups is 1. The van der Waals surface area contributed by atoms with Gasteiger partial charge in [-0.3, -0.25) is 4.79 Å². The molecule has 0 atom stereocenters. The summed E-state index contributed by atoms with van der Waals surface area (Å²) in [5, 5.41) is 8.94. The monoisotopic (exact) mass is 210 g/mol. The lowest BCUT2D eigenvalue weighted by Gasteiger charge is -2.18. The summed E-state index contributed by atoms with van der Waals surface area (Å²) in [6.07, 6.45) is 0. The normalized spacial score (nSPS) is 11.4. The van der Waals surface area contributed by atoms with Crippen LogP contribution in [0.15, 0.2) is 29.2 Å². The molecule has 1 rings (SSSR count). The number of carboxylic acids is 1. The number of hydrogen-bond acceptors (Lipinski definition) is 2. The maximum atomic E-state index is 10.9. The van der Waals surface area contributed by atoms with Crippen LogP contribution in [0, 0.1) is 6.92 Å². The smallest absolute Gasteiger partial charge is 0.319 e. The summed E-state index contributed by atoms with van der Waals surface area (Å²) >= 11 is 1.36. The molecule has 0 radical (unpaired) electrons. The zero-order valence-electron chi connectivity index (χ0n) is 8.57. The highest BCUT2D eigenvalue weighted by Gasteiger charge is 2.28. The molecule has 0 unspecified atom stereocenters. The molecular formula is C11H14O2S. The number of aryl methyl sites for hydroxylation is 1. The fourth-order valence-electron chi connectivity index (χ4n) is 0.945. The SMILES string of the molecule is Cc1ccc(SC(C)(C)C(=O)O)cc1. The number of carbonyl (C=O) groups is 1. The molecule has 0 aliphatic heterocycles. The van der Waals surface area contributed by atoms with Gasteiger partial charge in [0.25, 0.3) is 0 Å². The molecule has 0 aliphatic rings. The van der Waals surface area contributed by atoms with Gasteiger partial charge in [-0.1, -0.05) is 17.7 Å². The van der Waals surface area contributed by atoms with Crippen LogP contribution in [0.3, 0.4) is 0 Å². The number of hydrogen-bond donors (Lipinski definition) is 1. The first-order valence-corrected chi connectivity index (χ1v) is 5.22. The van der Waals surface area contributed by atoms with Gasteiger partial charge >= 0.3 is 5.97 Å². The van der Waals surface area contributed by atoms with E-state index >= 15 is 0 Å². The molecule has 2 nitrogen and oxygen atoms in total. The summed E-state index contributed by atoms with van der Waals surface area (Å²) < 4.78 is -0.769. The predicted octanol–water partition coefficient (Wildman–Crippen LogP) is 2.95. The average Bonchev–Trinajstić information content (AvgIpc) is 2.08. The third-order valence-electron chi connectivity index (χ3n) is 1.91. The molecule has 14 heavy (non-hydrogen) atoms. The number of rotatable bonds is 3. The van der Waals surface area contributed by atoms with Crippen molar-refractivity contribution >= 4 is 17.7 Å². The topological polar surface area (TPSA) is 37.3 Å². The van der Waals surface area contributed by atoms with E-state index in [1.807, 2.05) is 31.2 Å². The van der Waals surface area contributed by atoms with E-state index in [1.165, 1.54) is 17.3 Å². The fourth-order valence-corrected chi connectivity index (χ4v) is 1.89. The second kappa shape index (κ2) is 4.05. The summed E-state index contributed by atoms with van der Waals surface area (Å²) in [7, 11) is 0. The van der Waals surface area contributed by atoms with Crippen molar-refractivity contribution < 1.29 is 9.90 Å². The maximum absolute atomic E-state index is 10.9. The molecule has 76 valence electrons. The van der Waals surface area contributed by atoms with Crippen molar-refractivity contribution in [3.8, 4) is 0 Å². The largest absolute Gasteiger partial charge is 0.480 e. The molecule has 0 aromatic heterocycles. The van der Waals surface area contributed by atoms with Gasteiger partial charge in [0.15, 0.2) is 0 Å². The Morgan fingerprint density at radius 1 is 1.29 bits per heavy atom. The third kappa shape index (κ3) is 2.77. The van der Waals surface area contributed by atoms with Gasteiger partial charge in [-0.2, -0.15) is 0 Å². The molecule has 1 aromatic rings.